The molecule has 0 amide bonds. The highest BCUT2D eigenvalue weighted by Gasteiger charge is 2.11. The zero-order valence-electron chi connectivity index (χ0n) is 9.49. The van der Waals surface area contributed by atoms with Crippen molar-refractivity contribution in [3.8, 4) is 0 Å². The summed E-state index contributed by atoms with van der Waals surface area (Å²) in [5.74, 6) is 2.03. The zero-order valence-corrected chi connectivity index (χ0v) is 9.49. The van der Waals surface area contributed by atoms with E-state index >= 15 is 0 Å². The van der Waals surface area contributed by atoms with E-state index < -0.39 is 0 Å². The van der Waals surface area contributed by atoms with Gasteiger partial charge in [-0.05, 0) is 19.5 Å². The number of nitrogens with zero attached hydrogens (tertiary/aromatic N) is 2. The SMILES string of the molecule is C=CCc1nc(CC(CC)CNC)no1.[HH]. The second-order valence-electron chi connectivity index (χ2n) is 3.63. The molecule has 0 fully saturated rings. The first kappa shape index (κ1) is 11.9. The van der Waals surface area contributed by atoms with Gasteiger partial charge in [0.05, 0.1) is 0 Å². The number of allylic oxidation sites excluding steroid dienone is 1. The van der Waals surface area contributed by atoms with Crippen molar-refractivity contribution in [3.63, 3.8) is 0 Å². The van der Waals surface area contributed by atoms with Gasteiger partial charge < -0.3 is 9.84 Å². The van der Waals surface area contributed by atoms with Crippen molar-refractivity contribution >= 4 is 0 Å². The number of hydrogen-bond donors (Lipinski definition) is 1. The lowest BCUT2D eigenvalue weighted by Crippen LogP contribution is -2.20. The number of rotatable bonds is 7. The minimum Gasteiger partial charge on any atom is -0.339 e. The van der Waals surface area contributed by atoms with E-state index in [0.717, 1.165) is 25.2 Å². The fourth-order valence-electron chi connectivity index (χ4n) is 1.49. The lowest BCUT2D eigenvalue weighted by molar-refractivity contribution is 0.373. The molecule has 15 heavy (non-hydrogen) atoms. The van der Waals surface area contributed by atoms with Gasteiger partial charge in [0.15, 0.2) is 5.82 Å². The third-order valence-corrected chi connectivity index (χ3v) is 2.37. The molecule has 4 heteroatoms. The van der Waals surface area contributed by atoms with Crippen LogP contribution in [0.25, 0.3) is 0 Å². The first-order valence-electron chi connectivity index (χ1n) is 5.37. The molecule has 0 bridgehead atoms. The quantitative estimate of drug-likeness (QED) is 0.699. The first-order valence-corrected chi connectivity index (χ1v) is 5.37. The van der Waals surface area contributed by atoms with Crippen molar-refractivity contribution in [1.82, 2.24) is 15.5 Å². The molecule has 1 aromatic rings. The standard InChI is InChI=1S/C11H19N3O.H2/c1-4-6-11-13-10(14-15-11)7-9(5-2)8-12-3;/h4,9,12H,1,5-8H2,2-3H3;1H. The van der Waals surface area contributed by atoms with Gasteiger partial charge in [-0.1, -0.05) is 24.6 Å². The Bertz CT molecular complexity index is 301. The predicted octanol–water partition coefficient (Wildman–Crippen LogP) is 1.83. The van der Waals surface area contributed by atoms with E-state index in [1.54, 1.807) is 6.08 Å². The van der Waals surface area contributed by atoms with Crippen molar-refractivity contribution < 1.29 is 5.95 Å². The van der Waals surface area contributed by atoms with Crippen LogP contribution in [0.1, 0.15) is 26.5 Å². The minimum atomic E-state index is 0. The summed E-state index contributed by atoms with van der Waals surface area (Å²) >= 11 is 0. The lowest BCUT2D eigenvalue weighted by Gasteiger charge is -2.10. The van der Waals surface area contributed by atoms with Gasteiger partial charge in [-0.15, -0.1) is 6.58 Å². The second-order valence-corrected chi connectivity index (χ2v) is 3.63. The monoisotopic (exact) mass is 211 g/mol. The fourth-order valence-corrected chi connectivity index (χ4v) is 1.49. The molecular weight excluding hydrogens is 190 g/mol. The minimum absolute atomic E-state index is 0. The molecule has 1 N–H and O–H groups in total. The van der Waals surface area contributed by atoms with Gasteiger partial charge >= 0.3 is 0 Å². The van der Waals surface area contributed by atoms with Gasteiger partial charge in [-0.2, -0.15) is 4.98 Å². The molecule has 1 rings (SSSR count). The van der Waals surface area contributed by atoms with Crippen LogP contribution in [-0.2, 0) is 12.8 Å². The molecule has 86 valence electrons. The van der Waals surface area contributed by atoms with E-state index in [2.05, 4.69) is 29.0 Å². The summed E-state index contributed by atoms with van der Waals surface area (Å²) in [4.78, 5) is 4.29. The number of aromatic nitrogens is 2. The van der Waals surface area contributed by atoms with Crippen molar-refractivity contribution in [3.05, 3.63) is 24.4 Å². The summed E-state index contributed by atoms with van der Waals surface area (Å²) in [5, 5.41) is 7.11. The van der Waals surface area contributed by atoms with E-state index in [1.807, 2.05) is 7.05 Å². The van der Waals surface area contributed by atoms with Gasteiger partial charge in [0.25, 0.3) is 0 Å². The Morgan fingerprint density at radius 1 is 1.67 bits per heavy atom. The molecule has 1 unspecified atom stereocenters. The Hall–Kier alpha value is -1.16. The molecule has 0 saturated carbocycles. The number of nitrogens with one attached hydrogen (secondary N) is 1. The maximum absolute atomic E-state index is 5.08. The topological polar surface area (TPSA) is 51.0 Å². The average Bonchev–Trinajstić information content (AvgIpc) is 2.66. The van der Waals surface area contributed by atoms with Gasteiger partial charge in [0, 0.05) is 14.3 Å². The normalized spacial score (nSPS) is 12.7. The van der Waals surface area contributed by atoms with Gasteiger partial charge in [0.1, 0.15) is 0 Å². The summed E-state index contributed by atoms with van der Waals surface area (Å²) in [6, 6.07) is 0. The Labute approximate surface area is 92.2 Å². The predicted molar refractivity (Wildman–Crippen MR) is 61.7 cm³/mol. The van der Waals surface area contributed by atoms with Crippen LogP contribution in [0.3, 0.4) is 0 Å². The zero-order chi connectivity index (χ0) is 11.1. The third kappa shape index (κ3) is 3.83. The van der Waals surface area contributed by atoms with Crippen molar-refractivity contribution in [2.24, 2.45) is 5.92 Å². The second kappa shape index (κ2) is 6.35. The molecule has 0 radical (unpaired) electrons. The van der Waals surface area contributed by atoms with Crippen molar-refractivity contribution in [1.29, 1.82) is 0 Å². The Kier molecular flexibility index (Phi) is 5.04. The maximum atomic E-state index is 5.08. The van der Waals surface area contributed by atoms with Crippen LogP contribution in [0.4, 0.5) is 0 Å². The summed E-state index contributed by atoms with van der Waals surface area (Å²) < 4.78 is 5.08. The van der Waals surface area contributed by atoms with E-state index in [0.29, 0.717) is 18.2 Å². The molecule has 1 heterocycles. The molecule has 0 spiro atoms. The largest absolute Gasteiger partial charge is 0.339 e. The number of hydrogen-bond acceptors (Lipinski definition) is 4. The molecule has 0 saturated heterocycles. The van der Waals surface area contributed by atoms with Crippen molar-refractivity contribution in [2.75, 3.05) is 13.6 Å². The first-order chi connectivity index (χ1) is 7.30. The summed E-state index contributed by atoms with van der Waals surface area (Å²) in [6.07, 6.45) is 4.40. The van der Waals surface area contributed by atoms with E-state index in [9.17, 15) is 0 Å². The average molecular weight is 211 g/mol. The summed E-state index contributed by atoms with van der Waals surface area (Å²) in [5.41, 5.74) is 0. The fraction of sp³-hybridized carbons (Fsp3) is 0.636. The highest BCUT2D eigenvalue weighted by atomic mass is 16.5. The van der Waals surface area contributed by atoms with Crippen LogP contribution in [0.15, 0.2) is 17.2 Å². The van der Waals surface area contributed by atoms with Crippen LogP contribution < -0.4 is 5.32 Å². The molecule has 4 nitrogen and oxygen atoms in total. The van der Waals surface area contributed by atoms with Gasteiger partial charge in [-0.3, -0.25) is 0 Å². The van der Waals surface area contributed by atoms with Gasteiger partial charge in [0.2, 0.25) is 5.89 Å². The molecule has 0 aliphatic rings. The summed E-state index contributed by atoms with van der Waals surface area (Å²) in [6.45, 7) is 6.80. The molecule has 0 aliphatic carbocycles. The van der Waals surface area contributed by atoms with Crippen LogP contribution >= 0.6 is 0 Å². The molecule has 1 atom stereocenters. The van der Waals surface area contributed by atoms with Crippen molar-refractivity contribution in [2.45, 2.75) is 26.2 Å². The summed E-state index contributed by atoms with van der Waals surface area (Å²) in [7, 11) is 1.96. The Morgan fingerprint density at radius 3 is 3.07 bits per heavy atom. The van der Waals surface area contributed by atoms with Crippen LogP contribution in [-0.4, -0.2) is 23.7 Å². The van der Waals surface area contributed by atoms with E-state index in [-0.39, 0.29) is 1.43 Å². The Morgan fingerprint density at radius 2 is 2.47 bits per heavy atom. The van der Waals surface area contributed by atoms with Crippen LogP contribution in [0, 0.1) is 5.92 Å². The van der Waals surface area contributed by atoms with Crippen LogP contribution in [0.2, 0.25) is 0 Å². The van der Waals surface area contributed by atoms with Gasteiger partial charge in [-0.25, -0.2) is 0 Å². The highest BCUT2D eigenvalue weighted by molar-refractivity contribution is 4.92. The maximum Gasteiger partial charge on any atom is 0.230 e. The van der Waals surface area contributed by atoms with E-state index in [1.165, 1.54) is 0 Å². The van der Waals surface area contributed by atoms with E-state index in [4.69, 9.17) is 4.52 Å². The Balaban J connectivity index is 0.00000225. The highest BCUT2D eigenvalue weighted by Crippen LogP contribution is 2.09. The molecule has 0 aliphatic heterocycles. The lowest BCUT2D eigenvalue weighted by atomic mass is 10.0. The smallest absolute Gasteiger partial charge is 0.230 e. The van der Waals surface area contributed by atoms with Crippen LogP contribution in [0.5, 0.6) is 0 Å². The third-order valence-electron chi connectivity index (χ3n) is 2.37. The molecule has 0 aromatic carbocycles. The molecule has 1 aromatic heterocycles. The molecular formula is C11H21N3O.